The highest BCUT2D eigenvalue weighted by Gasteiger charge is 2.02. The zero-order valence-electron chi connectivity index (χ0n) is 6.32. The standard InChI is InChI=1S/C9H10O2/c1-7-2-4-8(5-3-7)9(11)6-10/h2-6,9,11H,1H3. The summed E-state index contributed by atoms with van der Waals surface area (Å²) in [6.45, 7) is 1.96. The third-order valence-corrected chi connectivity index (χ3v) is 1.55. The number of carbonyl (C=O) groups excluding carboxylic acids is 1. The average Bonchev–Trinajstić information content (AvgIpc) is 2.05. The molecule has 1 rings (SSSR count). The van der Waals surface area contributed by atoms with Crippen LogP contribution in [-0.2, 0) is 4.79 Å². The van der Waals surface area contributed by atoms with Gasteiger partial charge in [-0.1, -0.05) is 29.8 Å². The summed E-state index contributed by atoms with van der Waals surface area (Å²) in [4.78, 5) is 10.1. The zero-order chi connectivity index (χ0) is 8.27. The van der Waals surface area contributed by atoms with E-state index in [0.717, 1.165) is 5.56 Å². The van der Waals surface area contributed by atoms with Gasteiger partial charge in [0.05, 0.1) is 0 Å². The van der Waals surface area contributed by atoms with Gasteiger partial charge >= 0.3 is 0 Å². The molecule has 0 aliphatic heterocycles. The molecule has 1 atom stereocenters. The van der Waals surface area contributed by atoms with E-state index < -0.39 is 6.10 Å². The first-order valence-corrected chi connectivity index (χ1v) is 3.44. The van der Waals surface area contributed by atoms with Gasteiger partial charge in [0.2, 0.25) is 0 Å². The Hall–Kier alpha value is -1.15. The molecule has 0 heterocycles. The van der Waals surface area contributed by atoms with Gasteiger partial charge in [0.25, 0.3) is 0 Å². The van der Waals surface area contributed by atoms with E-state index in [1.54, 1.807) is 12.1 Å². The maximum Gasteiger partial charge on any atom is 0.153 e. The zero-order valence-corrected chi connectivity index (χ0v) is 6.32. The average molecular weight is 150 g/mol. The van der Waals surface area contributed by atoms with Crippen LogP contribution in [0.3, 0.4) is 0 Å². The number of aliphatic hydroxyl groups is 1. The maximum atomic E-state index is 10.1. The van der Waals surface area contributed by atoms with Gasteiger partial charge in [-0.3, -0.25) is 0 Å². The van der Waals surface area contributed by atoms with Crippen molar-refractivity contribution in [1.82, 2.24) is 0 Å². The quantitative estimate of drug-likeness (QED) is 0.644. The lowest BCUT2D eigenvalue weighted by Gasteiger charge is -2.01. The second-order valence-electron chi connectivity index (χ2n) is 2.49. The van der Waals surface area contributed by atoms with E-state index in [2.05, 4.69) is 0 Å². The number of hydrogen-bond acceptors (Lipinski definition) is 2. The number of aliphatic hydroxyl groups excluding tert-OH is 1. The van der Waals surface area contributed by atoms with Crippen molar-refractivity contribution in [3.63, 3.8) is 0 Å². The lowest BCUT2D eigenvalue weighted by molar-refractivity contribution is -0.115. The summed E-state index contributed by atoms with van der Waals surface area (Å²) in [5.74, 6) is 0. The van der Waals surface area contributed by atoms with E-state index in [0.29, 0.717) is 11.8 Å². The molecule has 0 fully saturated rings. The summed E-state index contributed by atoms with van der Waals surface area (Å²) in [6.07, 6.45) is -0.458. The Bertz CT molecular complexity index is 238. The molecule has 11 heavy (non-hydrogen) atoms. The minimum Gasteiger partial charge on any atom is -0.381 e. The van der Waals surface area contributed by atoms with Crippen molar-refractivity contribution in [3.05, 3.63) is 35.4 Å². The molecule has 0 spiro atoms. The fourth-order valence-corrected chi connectivity index (χ4v) is 0.842. The van der Waals surface area contributed by atoms with Crippen LogP contribution in [0.1, 0.15) is 17.2 Å². The second kappa shape index (κ2) is 3.30. The number of aldehydes is 1. The van der Waals surface area contributed by atoms with Gasteiger partial charge in [-0.05, 0) is 12.5 Å². The van der Waals surface area contributed by atoms with Gasteiger partial charge < -0.3 is 9.90 Å². The maximum absolute atomic E-state index is 10.1. The van der Waals surface area contributed by atoms with Crippen LogP contribution in [0.25, 0.3) is 0 Å². The summed E-state index contributed by atoms with van der Waals surface area (Å²) in [6, 6.07) is 7.22. The van der Waals surface area contributed by atoms with Gasteiger partial charge in [0.15, 0.2) is 6.29 Å². The normalized spacial score (nSPS) is 12.5. The Morgan fingerprint density at radius 1 is 1.36 bits per heavy atom. The fourth-order valence-electron chi connectivity index (χ4n) is 0.842. The van der Waals surface area contributed by atoms with Crippen LogP contribution in [0.5, 0.6) is 0 Å². The molecular formula is C9H10O2. The van der Waals surface area contributed by atoms with Crippen molar-refractivity contribution in [2.45, 2.75) is 13.0 Å². The van der Waals surface area contributed by atoms with Crippen LogP contribution < -0.4 is 0 Å². The third kappa shape index (κ3) is 1.88. The van der Waals surface area contributed by atoms with Crippen LogP contribution in [0, 0.1) is 6.92 Å². The highest BCUT2D eigenvalue weighted by molar-refractivity contribution is 5.59. The van der Waals surface area contributed by atoms with Crippen LogP contribution in [0.4, 0.5) is 0 Å². The molecule has 0 radical (unpaired) electrons. The van der Waals surface area contributed by atoms with Crippen LogP contribution in [0.2, 0.25) is 0 Å². The molecule has 0 saturated carbocycles. The van der Waals surface area contributed by atoms with E-state index in [1.807, 2.05) is 19.1 Å². The Balaban J connectivity index is 2.89. The molecule has 2 nitrogen and oxygen atoms in total. The molecule has 1 aromatic rings. The number of benzene rings is 1. The lowest BCUT2D eigenvalue weighted by atomic mass is 10.1. The highest BCUT2D eigenvalue weighted by Crippen LogP contribution is 2.10. The van der Waals surface area contributed by atoms with E-state index in [9.17, 15) is 4.79 Å². The molecule has 0 saturated heterocycles. The van der Waals surface area contributed by atoms with Crippen molar-refractivity contribution in [3.8, 4) is 0 Å². The Morgan fingerprint density at radius 3 is 2.36 bits per heavy atom. The monoisotopic (exact) mass is 150 g/mol. The molecule has 0 aliphatic carbocycles. The van der Waals surface area contributed by atoms with Crippen LogP contribution >= 0.6 is 0 Å². The topological polar surface area (TPSA) is 37.3 Å². The number of hydrogen-bond donors (Lipinski definition) is 1. The summed E-state index contributed by atoms with van der Waals surface area (Å²) >= 11 is 0. The predicted octanol–water partition coefficient (Wildman–Crippen LogP) is 1.23. The van der Waals surface area contributed by atoms with E-state index in [1.165, 1.54) is 0 Å². The van der Waals surface area contributed by atoms with Gasteiger partial charge in [-0.2, -0.15) is 0 Å². The minimum atomic E-state index is -0.976. The van der Waals surface area contributed by atoms with Crippen molar-refractivity contribution in [1.29, 1.82) is 0 Å². The van der Waals surface area contributed by atoms with Crippen LogP contribution in [-0.4, -0.2) is 11.4 Å². The summed E-state index contributed by atoms with van der Waals surface area (Å²) < 4.78 is 0. The van der Waals surface area contributed by atoms with Gasteiger partial charge in [-0.25, -0.2) is 0 Å². The fraction of sp³-hybridized carbons (Fsp3) is 0.222. The number of rotatable bonds is 2. The van der Waals surface area contributed by atoms with E-state index in [4.69, 9.17) is 5.11 Å². The molecule has 1 N–H and O–H groups in total. The number of aryl methyl sites for hydroxylation is 1. The van der Waals surface area contributed by atoms with Crippen molar-refractivity contribution in [2.75, 3.05) is 0 Å². The van der Waals surface area contributed by atoms with Crippen molar-refractivity contribution >= 4 is 6.29 Å². The van der Waals surface area contributed by atoms with E-state index >= 15 is 0 Å². The lowest BCUT2D eigenvalue weighted by Crippen LogP contribution is -1.97. The largest absolute Gasteiger partial charge is 0.381 e. The Morgan fingerprint density at radius 2 is 1.91 bits per heavy atom. The molecule has 0 aromatic heterocycles. The highest BCUT2D eigenvalue weighted by atomic mass is 16.3. The van der Waals surface area contributed by atoms with Gasteiger partial charge in [0.1, 0.15) is 6.10 Å². The molecule has 0 amide bonds. The molecule has 0 aliphatic rings. The first-order valence-electron chi connectivity index (χ1n) is 3.44. The SMILES string of the molecule is Cc1ccc(C(O)C=O)cc1. The molecular weight excluding hydrogens is 140 g/mol. The molecule has 1 aromatic carbocycles. The van der Waals surface area contributed by atoms with Crippen LogP contribution in [0.15, 0.2) is 24.3 Å². The summed E-state index contributed by atoms with van der Waals surface area (Å²) in [7, 11) is 0. The predicted molar refractivity (Wildman–Crippen MR) is 42.2 cm³/mol. The summed E-state index contributed by atoms with van der Waals surface area (Å²) in [5.41, 5.74) is 1.76. The number of carbonyl (C=O) groups is 1. The molecule has 2 heteroatoms. The van der Waals surface area contributed by atoms with Gasteiger partial charge in [-0.15, -0.1) is 0 Å². The first kappa shape index (κ1) is 7.95. The first-order chi connectivity index (χ1) is 5.24. The smallest absolute Gasteiger partial charge is 0.153 e. The molecule has 58 valence electrons. The van der Waals surface area contributed by atoms with Crippen molar-refractivity contribution in [2.24, 2.45) is 0 Å². The third-order valence-electron chi connectivity index (χ3n) is 1.55. The molecule has 0 bridgehead atoms. The van der Waals surface area contributed by atoms with Crippen molar-refractivity contribution < 1.29 is 9.90 Å². The molecule has 1 unspecified atom stereocenters. The summed E-state index contributed by atoms with van der Waals surface area (Å²) in [5, 5.41) is 9.05. The Labute approximate surface area is 65.5 Å². The minimum absolute atomic E-state index is 0.519. The van der Waals surface area contributed by atoms with Gasteiger partial charge in [0, 0.05) is 0 Å². The Kier molecular flexibility index (Phi) is 2.39. The second-order valence-corrected chi connectivity index (χ2v) is 2.49. The van der Waals surface area contributed by atoms with E-state index in [-0.39, 0.29) is 0 Å².